The van der Waals surface area contributed by atoms with E-state index in [0.29, 0.717) is 18.6 Å². The van der Waals surface area contributed by atoms with Crippen LogP contribution in [0.15, 0.2) is 65.8 Å². The third-order valence-corrected chi connectivity index (χ3v) is 5.62. The van der Waals surface area contributed by atoms with Crippen molar-refractivity contribution in [3.63, 3.8) is 0 Å². The summed E-state index contributed by atoms with van der Waals surface area (Å²) in [6.07, 6.45) is 3.93. The van der Waals surface area contributed by atoms with E-state index in [9.17, 15) is 14.9 Å². The van der Waals surface area contributed by atoms with Crippen LogP contribution in [0.2, 0.25) is 0 Å². The van der Waals surface area contributed by atoms with Crippen molar-refractivity contribution in [1.82, 2.24) is 4.90 Å². The molecular formula is C22H26N2O5. The summed E-state index contributed by atoms with van der Waals surface area (Å²) in [6.45, 7) is 5.89. The second-order valence-corrected chi connectivity index (χ2v) is 7.25. The fraction of sp³-hybridized carbons (Fsp3) is 0.409. The summed E-state index contributed by atoms with van der Waals surface area (Å²) in [7, 11) is 0. The smallest absolute Gasteiger partial charge is 0.410 e. The van der Waals surface area contributed by atoms with E-state index < -0.39 is 18.1 Å². The van der Waals surface area contributed by atoms with E-state index in [4.69, 9.17) is 9.15 Å². The highest BCUT2D eigenvalue weighted by Crippen LogP contribution is 2.41. The molecule has 4 atom stereocenters. The highest BCUT2D eigenvalue weighted by molar-refractivity contribution is 5.68. The first-order valence-electron chi connectivity index (χ1n) is 9.81. The van der Waals surface area contributed by atoms with Crippen LogP contribution in [0.4, 0.5) is 4.79 Å². The molecule has 154 valence electrons. The van der Waals surface area contributed by atoms with Crippen LogP contribution in [0.5, 0.6) is 0 Å². The van der Waals surface area contributed by atoms with Crippen molar-refractivity contribution in [2.45, 2.75) is 44.4 Å². The Kier molecular flexibility index (Phi) is 6.69. The van der Waals surface area contributed by atoms with Gasteiger partial charge in [-0.2, -0.15) is 0 Å². The Morgan fingerprint density at radius 2 is 2.10 bits per heavy atom. The summed E-state index contributed by atoms with van der Waals surface area (Å²) in [4.78, 5) is 26.0. The number of hydrogen-bond acceptors (Lipinski definition) is 5. The summed E-state index contributed by atoms with van der Waals surface area (Å²) in [6, 6.07) is 11.7. The molecule has 0 aliphatic carbocycles. The lowest BCUT2D eigenvalue weighted by Crippen LogP contribution is -2.58. The van der Waals surface area contributed by atoms with E-state index >= 15 is 0 Å². The molecular weight excluding hydrogens is 372 g/mol. The Bertz CT molecular complexity index is 821. The quantitative estimate of drug-likeness (QED) is 0.385. The molecule has 1 aliphatic heterocycles. The number of hydrogen-bond donors (Lipinski definition) is 0. The van der Waals surface area contributed by atoms with Crippen molar-refractivity contribution in [1.29, 1.82) is 0 Å². The summed E-state index contributed by atoms with van der Waals surface area (Å²) < 4.78 is 11.0. The van der Waals surface area contributed by atoms with E-state index in [0.717, 1.165) is 5.56 Å². The zero-order valence-electron chi connectivity index (χ0n) is 16.5. The van der Waals surface area contributed by atoms with Gasteiger partial charge in [0.2, 0.25) is 6.04 Å². The molecule has 3 rings (SSSR count). The average molecular weight is 398 g/mol. The predicted octanol–water partition coefficient (Wildman–Crippen LogP) is 4.63. The number of furan rings is 1. The molecule has 1 aromatic heterocycles. The van der Waals surface area contributed by atoms with Gasteiger partial charge in [0.1, 0.15) is 12.4 Å². The van der Waals surface area contributed by atoms with Crippen LogP contribution in [0.3, 0.4) is 0 Å². The van der Waals surface area contributed by atoms with Crippen molar-refractivity contribution in [3.05, 3.63) is 82.8 Å². The minimum absolute atomic E-state index is 0.0268. The van der Waals surface area contributed by atoms with Gasteiger partial charge < -0.3 is 9.15 Å². The van der Waals surface area contributed by atoms with Crippen molar-refractivity contribution in [3.8, 4) is 0 Å². The van der Waals surface area contributed by atoms with Crippen LogP contribution < -0.4 is 0 Å². The average Bonchev–Trinajstić information content (AvgIpc) is 3.26. The van der Waals surface area contributed by atoms with Gasteiger partial charge in [-0.05, 0) is 30.0 Å². The minimum Gasteiger partial charge on any atom is -0.469 e. The fourth-order valence-corrected chi connectivity index (χ4v) is 4.30. The largest absolute Gasteiger partial charge is 0.469 e. The highest BCUT2D eigenvalue weighted by Gasteiger charge is 2.51. The Balaban J connectivity index is 1.86. The molecule has 7 nitrogen and oxygen atoms in total. The lowest BCUT2D eigenvalue weighted by atomic mass is 9.73. The first kappa shape index (κ1) is 20.6. The molecule has 7 heteroatoms. The number of ether oxygens (including phenoxy) is 1. The second kappa shape index (κ2) is 9.41. The number of amides is 1. The van der Waals surface area contributed by atoms with Crippen molar-refractivity contribution >= 4 is 6.09 Å². The topological polar surface area (TPSA) is 85.8 Å². The van der Waals surface area contributed by atoms with Gasteiger partial charge >= 0.3 is 6.09 Å². The maximum atomic E-state index is 12.9. The summed E-state index contributed by atoms with van der Waals surface area (Å²) >= 11 is 0. The Morgan fingerprint density at radius 3 is 2.69 bits per heavy atom. The Morgan fingerprint density at radius 1 is 1.34 bits per heavy atom. The standard InChI is InChI=1S/C22H26N2O5/c1-3-9-18-17(4-2)21(20-12-8-13-28-20)19(24(26)27)14-23(18)22(25)29-15-16-10-6-5-7-11-16/h3,5-8,10-13,17-19,21H,1,4,9,14-15H2,2H3/t17-,18+,19+,21+/m1/s1. The molecule has 0 saturated carbocycles. The molecule has 2 heterocycles. The number of nitrogens with zero attached hydrogens (tertiary/aromatic N) is 2. The molecule has 1 amide bonds. The van der Waals surface area contributed by atoms with Crippen LogP contribution in [-0.2, 0) is 11.3 Å². The number of benzene rings is 1. The van der Waals surface area contributed by atoms with Gasteiger partial charge in [0.05, 0.1) is 18.7 Å². The maximum absolute atomic E-state index is 12.9. The van der Waals surface area contributed by atoms with E-state index in [2.05, 4.69) is 6.58 Å². The van der Waals surface area contributed by atoms with E-state index in [-0.39, 0.29) is 30.0 Å². The van der Waals surface area contributed by atoms with Gasteiger partial charge in [0, 0.05) is 11.0 Å². The number of carbonyl (C=O) groups is 1. The molecule has 1 saturated heterocycles. The molecule has 0 bridgehead atoms. The second-order valence-electron chi connectivity index (χ2n) is 7.25. The molecule has 1 fully saturated rings. The van der Waals surface area contributed by atoms with Gasteiger partial charge in [-0.3, -0.25) is 15.0 Å². The summed E-state index contributed by atoms with van der Waals surface area (Å²) in [5, 5.41) is 11.9. The molecule has 2 aromatic rings. The summed E-state index contributed by atoms with van der Waals surface area (Å²) in [5.74, 6) is 0.0330. The van der Waals surface area contributed by atoms with E-state index in [1.165, 1.54) is 11.2 Å². The fourth-order valence-electron chi connectivity index (χ4n) is 4.30. The Labute approximate surface area is 170 Å². The molecule has 0 radical (unpaired) electrons. The molecule has 0 N–H and O–H groups in total. The number of carbonyl (C=O) groups excluding carboxylic acids is 1. The normalized spacial score (nSPS) is 24.1. The van der Waals surface area contributed by atoms with Crippen molar-refractivity contribution in [2.24, 2.45) is 5.92 Å². The van der Waals surface area contributed by atoms with Crippen LogP contribution >= 0.6 is 0 Å². The van der Waals surface area contributed by atoms with Gasteiger partial charge in [-0.1, -0.05) is 49.8 Å². The Hall–Kier alpha value is -3.09. The van der Waals surface area contributed by atoms with Gasteiger partial charge in [0.25, 0.3) is 0 Å². The highest BCUT2D eigenvalue weighted by atomic mass is 16.6. The first-order chi connectivity index (χ1) is 14.1. The lowest BCUT2D eigenvalue weighted by Gasteiger charge is -2.44. The zero-order chi connectivity index (χ0) is 20.8. The third-order valence-electron chi connectivity index (χ3n) is 5.62. The number of likely N-dealkylation sites (tertiary alicyclic amines) is 1. The third kappa shape index (κ3) is 4.50. The first-order valence-corrected chi connectivity index (χ1v) is 9.81. The SMILES string of the molecule is C=CC[C@H]1[C@@H](CC)[C@H](c2ccco2)[C@@H]([N+](=O)[O-])CN1C(=O)OCc1ccccc1. The number of rotatable bonds is 7. The monoisotopic (exact) mass is 398 g/mol. The maximum Gasteiger partial charge on any atom is 0.410 e. The molecule has 0 spiro atoms. The van der Waals surface area contributed by atoms with Crippen molar-refractivity contribution < 1.29 is 18.9 Å². The minimum atomic E-state index is -0.962. The molecule has 1 aliphatic rings. The van der Waals surface area contributed by atoms with E-state index in [1.54, 1.807) is 18.2 Å². The molecule has 0 unspecified atom stereocenters. The predicted molar refractivity (Wildman–Crippen MR) is 108 cm³/mol. The molecule has 1 aromatic carbocycles. The van der Waals surface area contributed by atoms with Crippen molar-refractivity contribution in [2.75, 3.05) is 6.54 Å². The number of nitro groups is 1. The van der Waals surface area contributed by atoms with Gasteiger partial charge in [0.15, 0.2) is 0 Å². The van der Waals surface area contributed by atoms with Crippen LogP contribution in [0.1, 0.15) is 37.0 Å². The van der Waals surface area contributed by atoms with Gasteiger partial charge in [-0.15, -0.1) is 6.58 Å². The summed E-state index contributed by atoms with van der Waals surface area (Å²) in [5.41, 5.74) is 0.865. The number of piperidine rings is 1. The van der Waals surface area contributed by atoms with Crippen LogP contribution in [-0.4, -0.2) is 34.5 Å². The van der Waals surface area contributed by atoms with E-state index in [1.807, 2.05) is 37.3 Å². The van der Waals surface area contributed by atoms with Crippen LogP contribution in [0, 0.1) is 16.0 Å². The molecule has 29 heavy (non-hydrogen) atoms. The van der Waals surface area contributed by atoms with Crippen LogP contribution in [0.25, 0.3) is 0 Å². The van der Waals surface area contributed by atoms with Gasteiger partial charge in [-0.25, -0.2) is 4.79 Å². The lowest BCUT2D eigenvalue weighted by molar-refractivity contribution is -0.533. The zero-order valence-corrected chi connectivity index (χ0v) is 16.5.